The molecule has 0 unspecified atom stereocenters. The largest absolute Gasteiger partial charge is 0.301 e. The van der Waals surface area contributed by atoms with Crippen LogP contribution in [0.3, 0.4) is 0 Å². The Labute approximate surface area is 130 Å². The lowest BCUT2D eigenvalue weighted by Gasteiger charge is -1.99. The molecule has 0 aliphatic carbocycles. The number of amides is 1. The molecule has 0 saturated heterocycles. The summed E-state index contributed by atoms with van der Waals surface area (Å²) in [4.78, 5) is 11.4. The predicted molar refractivity (Wildman–Crippen MR) is 84.5 cm³/mol. The Hall–Kier alpha value is -1.11. The zero-order valence-electron chi connectivity index (χ0n) is 10.9. The number of anilines is 1. The van der Waals surface area contributed by atoms with E-state index < -0.39 is 0 Å². The first-order valence-corrected chi connectivity index (χ1v) is 8.36. The molecule has 1 N–H and O–H groups in total. The summed E-state index contributed by atoms with van der Waals surface area (Å²) in [5.41, 5.74) is 1.13. The molecule has 1 heterocycles. The number of thioether (sulfide) groups is 1. The number of nitrogens with one attached hydrogen (secondary N) is 1. The third-order valence-corrected chi connectivity index (χ3v) is 4.66. The molecule has 0 saturated carbocycles. The Morgan fingerprint density at radius 2 is 2.30 bits per heavy atom. The van der Waals surface area contributed by atoms with Gasteiger partial charge in [-0.2, -0.15) is 0 Å². The summed E-state index contributed by atoms with van der Waals surface area (Å²) in [6, 6.07) is 7.72. The van der Waals surface area contributed by atoms with E-state index in [0.717, 1.165) is 27.1 Å². The molecule has 0 aliphatic rings. The van der Waals surface area contributed by atoms with Gasteiger partial charge in [0.15, 0.2) is 4.34 Å². The average Bonchev–Trinajstić information content (AvgIpc) is 2.84. The van der Waals surface area contributed by atoms with Crippen molar-refractivity contribution in [1.82, 2.24) is 10.2 Å². The van der Waals surface area contributed by atoms with E-state index in [1.807, 2.05) is 31.2 Å². The van der Waals surface area contributed by atoms with Gasteiger partial charge in [-0.25, -0.2) is 0 Å². The maximum absolute atomic E-state index is 11.4. The molecule has 0 spiro atoms. The van der Waals surface area contributed by atoms with Crippen LogP contribution in [0, 0.1) is 0 Å². The highest BCUT2D eigenvalue weighted by atomic mass is 35.5. The summed E-state index contributed by atoms with van der Waals surface area (Å²) in [6.07, 6.45) is 1.32. The highest BCUT2D eigenvalue weighted by Gasteiger charge is 2.08. The van der Waals surface area contributed by atoms with Crippen LogP contribution in [0.5, 0.6) is 0 Å². The molecule has 1 aromatic carbocycles. The molecule has 0 atom stereocenters. The van der Waals surface area contributed by atoms with Crippen LogP contribution in [0.4, 0.5) is 5.13 Å². The molecule has 7 heteroatoms. The van der Waals surface area contributed by atoms with Crippen molar-refractivity contribution < 1.29 is 4.79 Å². The average molecular weight is 328 g/mol. The van der Waals surface area contributed by atoms with Gasteiger partial charge >= 0.3 is 0 Å². The van der Waals surface area contributed by atoms with Crippen molar-refractivity contribution in [2.24, 2.45) is 0 Å². The Morgan fingerprint density at radius 1 is 1.45 bits per heavy atom. The maximum Gasteiger partial charge on any atom is 0.226 e. The smallest absolute Gasteiger partial charge is 0.226 e. The fraction of sp³-hybridized carbons (Fsp3) is 0.308. The minimum Gasteiger partial charge on any atom is -0.301 e. The van der Waals surface area contributed by atoms with Crippen LogP contribution in [0.15, 0.2) is 28.6 Å². The van der Waals surface area contributed by atoms with Crippen LogP contribution < -0.4 is 5.32 Å². The number of hydrogen-bond donors (Lipinski definition) is 1. The third-order valence-electron chi connectivity index (χ3n) is 2.38. The van der Waals surface area contributed by atoms with Gasteiger partial charge in [0.1, 0.15) is 0 Å². The van der Waals surface area contributed by atoms with Crippen molar-refractivity contribution in [1.29, 1.82) is 0 Å². The summed E-state index contributed by atoms with van der Waals surface area (Å²) in [7, 11) is 0. The molecular formula is C13H14ClN3OS2. The molecule has 0 aliphatic heterocycles. The van der Waals surface area contributed by atoms with Crippen LogP contribution in [0.1, 0.15) is 25.3 Å². The highest BCUT2D eigenvalue weighted by molar-refractivity contribution is 8.00. The van der Waals surface area contributed by atoms with E-state index in [1.165, 1.54) is 11.3 Å². The Bertz CT molecular complexity index is 589. The number of carbonyl (C=O) groups is 1. The number of benzene rings is 1. The normalized spacial score (nSPS) is 10.5. The van der Waals surface area contributed by atoms with Crippen LogP contribution in [-0.4, -0.2) is 16.1 Å². The molecule has 20 heavy (non-hydrogen) atoms. The van der Waals surface area contributed by atoms with E-state index in [4.69, 9.17) is 11.6 Å². The monoisotopic (exact) mass is 327 g/mol. The molecule has 0 bridgehead atoms. The van der Waals surface area contributed by atoms with Crippen molar-refractivity contribution in [3.05, 3.63) is 34.9 Å². The molecular weight excluding hydrogens is 314 g/mol. The van der Waals surface area contributed by atoms with Crippen molar-refractivity contribution in [3.8, 4) is 0 Å². The number of aromatic nitrogens is 2. The number of nitrogens with zero attached hydrogens (tertiary/aromatic N) is 2. The number of carbonyl (C=O) groups excluding carboxylic acids is 1. The van der Waals surface area contributed by atoms with Gasteiger partial charge in [0.2, 0.25) is 11.0 Å². The standard InChI is InChI=1S/C13H14ClN3OS2/c1-2-4-11(18)15-12-16-17-13(20-12)19-8-9-5-3-6-10(14)7-9/h3,5-7H,2,4,8H2,1H3,(H,15,16,18). The summed E-state index contributed by atoms with van der Waals surface area (Å²) in [6.45, 7) is 1.96. The van der Waals surface area contributed by atoms with E-state index in [-0.39, 0.29) is 5.91 Å². The summed E-state index contributed by atoms with van der Waals surface area (Å²) in [5, 5.41) is 12.0. The zero-order chi connectivity index (χ0) is 14.4. The topological polar surface area (TPSA) is 54.9 Å². The van der Waals surface area contributed by atoms with Crippen molar-refractivity contribution in [3.63, 3.8) is 0 Å². The number of halogens is 1. The van der Waals surface area contributed by atoms with E-state index in [0.29, 0.717) is 11.6 Å². The number of rotatable bonds is 6. The van der Waals surface area contributed by atoms with E-state index in [2.05, 4.69) is 15.5 Å². The first-order chi connectivity index (χ1) is 9.67. The molecule has 2 rings (SSSR count). The van der Waals surface area contributed by atoms with Crippen LogP contribution in [0.2, 0.25) is 5.02 Å². The van der Waals surface area contributed by atoms with Gasteiger partial charge in [-0.3, -0.25) is 4.79 Å². The van der Waals surface area contributed by atoms with Gasteiger partial charge in [0, 0.05) is 17.2 Å². The summed E-state index contributed by atoms with van der Waals surface area (Å²) >= 11 is 8.90. The van der Waals surface area contributed by atoms with Gasteiger partial charge in [0.05, 0.1) is 0 Å². The Kier molecular flexibility index (Phi) is 5.82. The fourth-order valence-corrected chi connectivity index (χ4v) is 3.42. The molecule has 106 valence electrons. The van der Waals surface area contributed by atoms with Crippen molar-refractivity contribution in [2.75, 3.05) is 5.32 Å². The first-order valence-electron chi connectivity index (χ1n) is 6.18. The lowest BCUT2D eigenvalue weighted by Crippen LogP contribution is -2.10. The second-order valence-electron chi connectivity index (χ2n) is 4.09. The van der Waals surface area contributed by atoms with Gasteiger partial charge in [-0.15, -0.1) is 10.2 Å². The highest BCUT2D eigenvalue weighted by Crippen LogP contribution is 2.28. The second-order valence-corrected chi connectivity index (χ2v) is 6.73. The summed E-state index contributed by atoms with van der Waals surface area (Å²) in [5.74, 6) is 0.757. The summed E-state index contributed by atoms with van der Waals surface area (Å²) < 4.78 is 0.830. The van der Waals surface area contributed by atoms with Crippen LogP contribution in [-0.2, 0) is 10.5 Å². The Morgan fingerprint density at radius 3 is 3.05 bits per heavy atom. The fourth-order valence-electron chi connectivity index (χ4n) is 1.50. The quantitative estimate of drug-likeness (QED) is 0.637. The van der Waals surface area contributed by atoms with E-state index in [9.17, 15) is 4.79 Å². The molecule has 4 nitrogen and oxygen atoms in total. The zero-order valence-corrected chi connectivity index (χ0v) is 13.3. The number of hydrogen-bond acceptors (Lipinski definition) is 5. The molecule has 1 aromatic heterocycles. The third kappa shape index (κ3) is 4.77. The lowest BCUT2D eigenvalue weighted by atomic mass is 10.2. The van der Waals surface area contributed by atoms with Crippen LogP contribution >= 0.6 is 34.7 Å². The van der Waals surface area contributed by atoms with Gasteiger partial charge in [0.25, 0.3) is 0 Å². The van der Waals surface area contributed by atoms with E-state index in [1.54, 1.807) is 11.8 Å². The second kappa shape index (κ2) is 7.61. The lowest BCUT2D eigenvalue weighted by molar-refractivity contribution is -0.116. The predicted octanol–water partition coefficient (Wildman–Crippen LogP) is 4.22. The SMILES string of the molecule is CCCC(=O)Nc1nnc(SCc2cccc(Cl)c2)s1. The van der Waals surface area contributed by atoms with Crippen molar-refractivity contribution in [2.45, 2.75) is 29.9 Å². The van der Waals surface area contributed by atoms with Crippen LogP contribution in [0.25, 0.3) is 0 Å². The molecule has 0 fully saturated rings. The minimum absolute atomic E-state index is 0.0185. The van der Waals surface area contributed by atoms with Crippen molar-refractivity contribution >= 4 is 45.7 Å². The van der Waals surface area contributed by atoms with Gasteiger partial charge in [-0.1, -0.05) is 53.8 Å². The first kappa shape index (κ1) is 15.3. The molecule has 0 radical (unpaired) electrons. The van der Waals surface area contributed by atoms with Gasteiger partial charge in [-0.05, 0) is 24.1 Å². The Balaban J connectivity index is 1.88. The minimum atomic E-state index is -0.0185. The molecule has 1 amide bonds. The van der Waals surface area contributed by atoms with E-state index >= 15 is 0 Å². The maximum atomic E-state index is 11.4. The molecule has 2 aromatic rings. The van der Waals surface area contributed by atoms with Gasteiger partial charge < -0.3 is 5.32 Å².